The van der Waals surface area contributed by atoms with Gasteiger partial charge in [-0.1, -0.05) is 91.0 Å². The van der Waals surface area contributed by atoms with Crippen LogP contribution in [-0.4, -0.2) is 18.1 Å². The highest BCUT2D eigenvalue weighted by molar-refractivity contribution is 7.90. The van der Waals surface area contributed by atoms with E-state index in [9.17, 15) is 18.1 Å². The topological polar surface area (TPSA) is 74.6 Å². The minimum absolute atomic E-state index is 0.317. The third-order valence-corrected chi connectivity index (χ3v) is 5.07. The zero-order valence-corrected chi connectivity index (χ0v) is 14.7. The molecule has 3 rings (SSSR count). The Balaban J connectivity index is 2.32. The van der Waals surface area contributed by atoms with Crippen LogP contribution in [0.25, 0.3) is 5.76 Å². The molecule has 0 aromatic heterocycles. The molecule has 0 bridgehead atoms. The second-order valence-corrected chi connectivity index (χ2v) is 7.20. The van der Waals surface area contributed by atoms with Gasteiger partial charge >= 0.3 is 0 Å². The minimum atomic E-state index is -4.68. The summed E-state index contributed by atoms with van der Waals surface area (Å²) in [6.07, 6.45) is 0. The summed E-state index contributed by atoms with van der Waals surface area (Å²) in [5, 5.41) is 10.7. The van der Waals surface area contributed by atoms with Gasteiger partial charge in [0.2, 0.25) is 0 Å². The number of hydrogen-bond acceptors (Lipinski definition) is 3. The molecule has 3 aromatic carbocycles. The van der Waals surface area contributed by atoms with Crippen LogP contribution in [0.4, 0.5) is 0 Å². The van der Waals surface area contributed by atoms with Gasteiger partial charge in [0.25, 0.3) is 10.1 Å². The van der Waals surface area contributed by atoms with Crippen molar-refractivity contribution in [2.45, 2.75) is 5.92 Å². The molecule has 0 spiro atoms. The lowest BCUT2D eigenvalue weighted by Crippen LogP contribution is -2.15. The van der Waals surface area contributed by atoms with E-state index in [1.807, 2.05) is 12.1 Å². The van der Waals surface area contributed by atoms with Crippen molar-refractivity contribution >= 4 is 15.9 Å². The van der Waals surface area contributed by atoms with Crippen molar-refractivity contribution in [3.05, 3.63) is 113 Å². The van der Waals surface area contributed by atoms with Crippen LogP contribution in [0.2, 0.25) is 0 Å². The molecule has 0 unspecified atom stereocenters. The average Bonchev–Trinajstić information content (AvgIpc) is 2.66. The first-order chi connectivity index (χ1) is 12.5. The van der Waals surface area contributed by atoms with E-state index in [4.69, 9.17) is 0 Å². The van der Waals surface area contributed by atoms with Crippen molar-refractivity contribution in [1.29, 1.82) is 0 Å². The first-order valence-corrected chi connectivity index (χ1v) is 9.48. The van der Waals surface area contributed by atoms with E-state index in [0.717, 1.165) is 0 Å². The van der Waals surface area contributed by atoms with Crippen LogP contribution in [0.1, 0.15) is 22.6 Å². The molecule has 0 radical (unpaired) electrons. The molecule has 0 saturated heterocycles. The van der Waals surface area contributed by atoms with Crippen LogP contribution in [0, 0.1) is 0 Å². The van der Waals surface area contributed by atoms with Gasteiger partial charge in [-0.05, 0) is 11.1 Å². The van der Waals surface area contributed by atoms with Gasteiger partial charge < -0.3 is 5.11 Å². The van der Waals surface area contributed by atoms with Crippen molar-refractivity contribution < 1.29 is 18.1 Å². The smallest absolute Gasteiger partial charge is 0.295 e. The molecule has 0 heterocycles. The molecule has 0 saturated carbocycles. The molecule has 0 aliphatic heterocycles. The van der Waals surface area contributed by atoms with Gasteiger partial charge in [0.05, 0.1) is 5.92 Å². The molecule has 0 aliphatic rings. The van der Waals surface area contributed by atoms with Crippen LogP contribution in [0.15, 0.2) is 95.9 Å². The molecule has 2 N–H and O–H groups in total. The lowest BCUT2D eigenvalue weighted by Gasteiger charge is -2.21. The highest BCUT2D eigenvalue weighted by atomic mass is 32.2. The summed E-state index contributed by atoms with van der Waals surface area (Å²) in [5.74, 6) is -1.31. The summed E-state index contributed by atoms with van der Waals surface area (Å²) in [5.41, 5.74) is 1.61. The second-order valence-electron chi connectivity index (χ2n) is 5.81. The fourth-order valence-electron chi connectivity index (χ4n) is 2.93. The standard InChI is InChI=1S/C21H18O4S/c22-20(18-14-8-3-9-15-18)21(26(23,24)25)19(16-10-4-1-5-11-16)17-12-6-2-7-13-17/h1-15,19,22H,(H,23,24,25)/b21-20+. The van der Waals surface area contributed by atoms with Gasteiger partial charge in [-0.15, -0.1) is 0 Å². The summed E-state index contributed by atoms with van der Waals surface area (Å²) in [6, 6.07) is 26.2. The first-order valence-electron chi connectivity index (χ1n) is 8.04. The van der Waals surface area contributed by atoms with Crippen LogP contribution < -0.4 is 0 Å². The van der Waals surface area contributed by atoms with Crippen LogP contribution in [0.3, 0.4) is 0 Å². The predicted molar refractivity (Wildman–Crippen MR) is 102 cm³/mol. The van der Waals surface area contributed by atoms with E-state index < -0.39 is 26.7 Å². The van der Waals surface area contributed by atoms with Gasteiger partial charge in [-0.25, -0.2) is 0 Å². The fourth-order valence-corrected chi connectivity index (χ4v) is 3.86. The van der Waals surface area contributed by atoms with Gasteiger partial charge in [-0.2, -0.15) is 8.42 Å². The van der Waals surface area contributed by atoms with E-state index in [2.05, 4.69) is 0 Å². The SMILES string of the molecule is O=S(=O)(O)/C(=C(/O)c1ccccc1)C(c1ccccc1)c1ccccc1. The fraction of sp³-hybridized carbons (Fsp3) is 0.0476. The van der Waals surface area contributed by atoms with E-state index in [0.29, 0.717) is 16.7 Å². The highest BCUT2D eigenvalue weighted by Gasteiger charge is 2.32. The van der Waals surface area contributed by atoms with Gasteiger partial charge in [0, 0.05) is 5.56 Å². The monoisotopic (exact) mass is 366 g/mol. The molecule has 0 fully saturated rings. The Labute approximate surface area is 152 Å². The maximum Gasteiger partial charge on any atom is 0.295 e. The van der Waals surface area contributed by atoms with Gasteiger partial charge in [-0.3, -0.25) is 4.55 Å². The van der Waals surface area contributed by atoms with Gasteiger partial charge in [0.1, 0.15) is 10.7 Å². The second kappa shape index (κ2) is 7.56. The van der Waals surface area contributed by atoms with Crippen molar-refractivity contribution in [2.24, 2.45) is 0 Å². The van der Waals surface area contributed by atoms with Crippen molar-refractivity contribution in [2.75, 3.05) is 0 Å². The molecule has 0 atom stereocenters. The Morgan fingerprint density at radius 1 is 0.692 bits per heavy atom. The molecule has 132 valence electrons. The molecule has 0 amide bonds. The number of benzene rings is 3. The first kappa shape index (κ1) is 17.9. The van der Waals surface area contributed by atoms with E-state index in [1.54, 1.807) is 78.9 Å². The molecule has 4 nitrogen and oxygen atoms in total. The normalized spacial score (nSPS) is 12.7. The van der Waals surface area contributed by atoms with Crippen molar-refractivity contribution in [1.82, 2.24) is 0 Å². The minimum Gasteiger partial charge on any atom is -0.506 e. The Bertz CT molecular complexity index is 956. The summed E-state index contributed by atoms with van der Waals surface area (Å²) < 4.78 is 34.5. The summed E-state index contributed by atoms with van der Waals surface area (Å²) in [4.78, 5) is -0.443. The zero-order valence-electron chi connectivity index (χ0n) is 13.9. The average molecular weight is 366 g/mol. The zero-order chi connectivity index (χ0) is 18.6. The van der Waals surface area contributed by atoms with Crippen molar-refractivity contribution in [3.8, 4) is 0 Å². The quantitative estimate of drug-likeness (QED) is 0.510. The summed E-state index contributed by atoms with van der Waals surface area (Å²) in [7, 11) is -4.68. The number of allylic oxidation sites excluding steroid dienone is 1. The van der Waals surface area contributed by atoms with Crippen LogP contribution in [0.5, 0.6) is 0 Å². The number of hydrogen-bond donors (Lipinski definition) is 2. The molecule has 5 heteroatoms. The maximum atomic E-state index is 12.3. The number of rotatable bonds is 5. The Hall–Kier alpha value is -2.89. The third-order valence-electron chi connectivity index (χ3n) is 4.09. The number of aliphatic hydroxyl groups excluding tert-OH is 1. The Morgan fingerprint density at radius 2 is 1.08 bits per heavy atom. The van der Waals surface area contributed by atoms with Crippen LogP contribution in [-0.2, 0) is 10.1 Å². The molecular formula is C21H18O4S. The highest BCUT2D eigenvalue weighted by Crippen LogP contribution is 2.38. The number of aliphatic hydroxyl groups is 1. The lowest BCUT2D eigenvalue weighted by atomic mass is 9.89. The third kappa shape index (κ3) is 3.85. The maximum absolute atomic E-state index is 12.3. The molecule has 3 aromatic rings. The Morgan fingerprint density at radius 3 is 1.46 bits per heavy atom. The van der Waals surface area contributed by atoms with E-state index in [1.165, 1.54) is 0 Å². The molecule has 26 heavy (non-hydrogen) atoms. The van der Waals surface area contributed by atoms with Crippen molar-refractivity contribution in [3.63, 3.8) is 0 Å². The van der Waals surface area contributed by atoms with E-state index >= 15 is 0 Å². The summed E-state index contributed by atoms with van der Waals surface area (Å²) >= 11 is 0. The predicted octanol–water partition coefficient (Wildman–Crippen LogP) is 4.63. The van der Waals surface area contributed by atoms with Gasteiger partial charge in [0.15, 0.2) is 0 Å². The van der Waals surface area contributed by atoms with E-state index in [-0.39, 0.29) is 0 Å². The Kier molecular flexibility index (Phi) is 5.21. The molecular weight excluding hydrogens is 348 g/mol. The van der Waals surface area contributed by atoms with Crippen LogP contribution >= 0.6 is 0 Å². The molecule has 0 aliphatic carbocycles. The summed E-state index contributed by atoms with van der Waals surface area (Å²) in [6.45, 7) is 0. The largest absolute Gasteiger partial charge is 0.506 e. The lowest BCUT2D eigenvalue weighted by molar-refractivity contribution is 0.478.